The molecule has 1 atom stereocenters. The predicted octanol–water partition coefficient (Wildman–Crippen LogP) is 1.87. The van der Waals surface area contributed by atoms with Gasteiger partial charge in [-0.25, -0.2) is 0 Å². The van der Waals surface area contributed by atoms with Crippen molar-refractivity contribution in [1.29, 1.82) is 0 Å². The van der Waals surface area contributed by atoms with Crippen molar-refractivity contribution in [3.8, 4) is 5.75 Å². The van der Waals surface area contributed by atoms with Gasteiger partial charge in [0.1, 0.15) is 11.4 Å². The van der Waals surface area contributed by atoms with E-state index in [-0.39, 0.29) is 23.2 Å². The maximum Gasteiger partial charge on any atom is 0.268 e. The number of methoxy groups -OCH3 is 1. The maximum absolute atomic E-state index is 12.1. The van der Waals surface area contributed by atoms with E-state index in [1.165, 1.54) is 6.07 Å². The molecule has 2 rings (SSSR count). The van der Waals surface area contributed by atoms with Gasteiger partial charge in [-0.15, -0.1) is 0 Å². The van der Waals surface area contributed by atoms with E-state index in [0.717, 1.165) is 5.56 Å². The highest BCUT2D eigenvalue weighted by Crippen LogP contribution is 2.24. The van der Waals surface area contributed by atoms with Crippen LogP contribution in [0.5, 0.6) is 5.75 Å². The summed E-state index contributed by atoms with van der Waals surface area (Å²) in [4.78, 5) is 25.7. The third kappa shape index (κ3) is 3.06. The minimum absolute atomic E-state index is 0.234. The lowest BCUT2D eigenvalue weighted by Gasteiger charge is -2.17. The molecule has 1 aromatic heterocycles. The summed E-state index contributed by atoms with van der Waals surface area (Å²) in [5, 5.41) is 2.83. The second-order valence-corrected chi connectivity index (χ2v) is 4.37. The molecule has 0 radical (unpaired) electrons. The Kier molecular flexibility index (Phi) is 4.20. The van der Waals surface area contributed by atoms with Crippen molar-refractivity contribution in [1.82, 2.24) is 10.3 Å². The molecule has 0 saturated carbocycles. The van der Waals surface area contributed by atoms with Crippen molar-refractivity contribution in [2.75, 3.05) is 7.11 Å². The first-order valence-electron chi connectivity index (χ1n) is 6.25. The zero-order valence-corrected chi connectivity index (χ0v) is 11.3. The van der Waals surface area contributed by atoms with Crippen molar-refractivity contribution >= 4 is 5.91 Å². The largest absolute Gasteiger partial charge is 0.496 e. The normalized spacial score (nSPS) is 11.7. The number of ether oxygens (including phenoxy) is 1. The van der Waals surface area contributed by atoms with Crippen molar-refractivity contribution in [3.05, 3.63) is 64.1 Å². The van der Waals surface area contributed by atoms with Crippen LogP contribution in [0.3, 0.4) is 0 Å². The van der Waals surface area contributed by atoms with Gasteiger partial charge in [0.15, 0.2) is 0 Å². The average molecular weight is 272 g/mol. The van der Waals surface area contributed by atoms with Crippen LogP contribution >= 0.6 is 0 Å². The Balaban J connectivity index is 2.17. The summed E-state index contributed by atoms with van der Waals surface area (Å²) in [5.74, 6) is 0.378. The van der Waals surface area contributed by atoms with E-state index in [2.05, 4.69) is 10.3 Å². The van der Waals surface area contributed by atoms with E-state index in [9.17, 15) is 9.59 Å². The lowest BCUT2D eigenvalue weighted by Crippen LogP contribution is -2.29. The monoisotopic (exact) mass is 272 g/mol. The molecule has 20 heavy (non-hydrogen) atoms. The number of para-hydroxylation sites is 1. The van der Waals surface area contributed by atoms with E-state index >= 15 is 0 Å². The van der Waals surface area contributed by atoms with Crippen molar-refractivity contribution < 1.29 is 9.53 Å². The summed E-state index contributed by atoms with van der Waals surface area (Å²) >= 11 is 0. The smallest absolute Gasteiger partial charge is 0.268 e. The number of amides is 1. The molecule has 5 nitrogen and oxygen atoms in total. The summed E-state index contributed by atoms with van der Waals surface area (Å²) < 4.78 is 5.26. The first-order chi connectivity index (χ1) is 9.61. The molecule has 2 aromatic rings. The van der Waals surface area contributed by atoms with Crippen LogP contribution in [0.25, 0.3) is 0 Å². The third-order valence-electron chi connectivity index (χ3n) is 2.97. The molecular formula is C15H16N2O3. The predicted molar refractivity (Wildman–Crippen MR) is 75.9 cm³/mol. The van der Waals surface area contributed by atoms with Gasteiger partial charge in [-0.1, -0.05) is 24.3 Å². The summed E-state index contributed by atoms with van der Waals surface area (Å²) in [6, 6.07) is 11.7. The van der Waals surface area contributed by atoms with Crippen LogP contribution in [-0.2, 0) is 0 Å². The number of aromatic amines is 1. The van der Waals surface area contributed by atoms with Gasteiger partial charge >= 0.3 is 0 Å². The van der Waals surface area contributed by atoms with Gasteiger partial charge in [0, 0.05) is 11.6 Å². The summed E-state index contributed by atoms with van der Waals surface area (Å²) in [5.41, 5.74) is 0.809. The van der Waals surface area contributed by atoms with Crippen LogP contribution < -0.4 is 15.6 Å². The van der Waals surface area contributed by atoms with E-state index in [0.29, 0.717) is 5.75 Å². The Morgan fingerprint density at radius 3 is 2.65 bits per heavy atom. The molecule has 0 aliphatic heterocycles. The zero-order valence-electron chi connectivity index (χ0n) is 11.3. The first-order valence-corrected chi connectivity index (χ1v) is 6.25. The van der Waals surface area contributed by atoms with Crippen LogP contribution in [0.1, 0.15) is 29.0 Å². The molecule has 0 fully saturated rings. The molecule has 0 aliphatic rings. The Morgan fingerprint density at radius 2 is 1.95 bits per heavy atom. The molecule has 5 heteroatoms. The van der Waals surface area contributed by atoms with Gasteiger partial charge in [0.05, 0.1) is 13.2 Å². The summed E-state index contributed by atoms with van der Waals surface area (Å²) in [7, 11) is 1.59. The Morgan fingerprint density at radius 1 is 1.20 bits per heavy atom. The third-order valence-corrected chi connectivity index (χ3v) is 2.97. The Bertz CT molecular complexity index is 664. The van der Waals surface area contributed by atoms with E-state index < -0.39 is 0 Å². The summed E-state index contributed by atoms with van der Waals surface area (Å²) in [6.07, 6.45) is 0. The van der Waals surface area contributed by atoms with Gasteiger partial charge in [0.2, 0.25) is 5.56 Å². The van der Waals surface area contributed by atoms with Gasteiger partial charge in [-0.05, 0) is 19.1 Å². The van der Waals surface area contributed by atoms with Crippen LogP contribution in [0, 0.1) is 0 Å². The highest BCUT2D eigenvalue weighted by Gasteiger charge is 2.15. The number of carbonyl (C=O) groups is 1. The first kappa shape index (κ1) is 13.9. The fourth-order valence-corrected chi connectivity index (χ4v) is 1.96. The fourth-order valence-electron chi connectivity index (χ4n) is 1.96. The molecule has 1 heterocycles. The fraction of sp³-hybridized carbons (Fsp3) is 0.200. The van der Waals surface area contributed by atoms with E-state index in [1.54, 1.807) is 19.2 Å². The number of aromatic nitrogens is 1. The number of rotatable bonds is 4. The van der Waals surface area contributed by atoms with Crippen molar-refractivity contribution in [2.24, 2.45) is 0 Å². The van der Waals surface area contributed by atoms with Crippen LogP contribution in [-0.4, -0.2) is 18.0 Å². The van der Waals surface area contributed by atoms with E-state index in [4.69, 9.17) is 4.74 Å². The number of nitrogens with one attached hydrogen (secondary N) is 2. The van der Waals surface area contributed by atoms with Gasteiger partial charge in [0.25, 0.3) is 5.91 Å². The quantitative estimate of drug-likeness (QED) is 0.892. The van der Waals surface area contributed by atoms with Crippen LogP contribution in [0.2, 0.25) is 0 Å². The Labute approximate surface area is 116 Å². The molecule has 0 saturated heterocycles. The standard InChI is InChI=1S/C15H16N2O3/c1-10(11-6-3-4-8-13(11)20-2)16-15(19)12-7-5-9-14(18)17-12/h3-10H,1-2H3,(H,16,19)(H,17,18). The molecule has 2 N–H and O–H groups in total. The molecule has 104 valence electrons. The minimum Gasteiger partial charge on any atom is -0.496 e. The van der Waals surface area contributed by atoms with Crippen LogP contribution in [0.4, 0.5) is 0 Å². The number of hydrogen-bond acceptors (Lipinski definition) is 3. The average Bonchev–Trinajstić information content (AvgIpc) is 2.47. The lowest BCUT2D eigenvalue weighted by atomic mass is 10.1. The van der Waals surface area contributed by atoms with Crippen LogP contribution in [0.15, 0.2) is 47.3 Å². The van der Waals surface area contributed by atoms with E-state index in [1.807, 2.05) is 31.2 Å². The van der Waals surface area contributed by atoms with Crippen molar-refractivity contribution in [2.45, 2.75) is 13.0 Å². The molecule has 1 aromatic carbocycles. The lowest BCUT2D eigenvalue weighted by molar-refractivity contribution is 0.0934. The number of hydrogen-bond donors (Lipinski definition) is 2. The summed E-state index contributed by atoms with van der Waals surface area (Å²) in [6.45, 7) is 1.86. The second-order valence-electron chi connectivity index (χ2n) is 4.37. The topological polar surface area (TPSA) is 71.2 Å². The number of carbonyl (C=O) groups excluding carboxylic acids is 1. The molecule has 0 spiro atoms. The highest BCUT2D eigenvalue weighted by molar-refractivity contribution is 5.92. The highest BCUT2D eigenvalue weighted by atomic mass is 16.5. The molecule has 1 unspecified atom stereocenters. The molecule has 0 aliphatic carbocycles. The molecule has 1 amide bonds. The maximum atomic E-state index is 12.1. The van der Waals surface area contributed by atoms with Crippen molar-refractivity contribution in [3.63, 3.8) is 0 Å². The molecule has 0 bridgehead atoms. The number of H-pyrrole nitrogens is 1. The minimum atomic E-state index is -0.332. The van der Waals surface area contributed by atoms with Gasteiger partial charge in [-0.2, -0.15) is 0 Å². The second kappa shape index (κ2) is 6.06. The van der Waals surface area contributed by atoms with Gasteiger partial charge in [-0.3, -0.25) is 9.59 Å². The number of benzene rings is 1. The molecular weight excluding hydrogens is 256 g/mol. The zero-order chi connectivity index (χ0) is 14.5. The Hall–Kier alpha value is -2.56. The SMILES string of the molecule is COc1ccccc1C(C)NC(=O)c1cccc(=O)[nH]1. The van der Waals surface area contributed by atoms with Gasteiger partial charge < -0.3 is 15.0 Å². The number of pyridine rings is 1.